The summed E-state index contributed by atoms with van der Waals surface area (Å²) >= 11 is 0. The van der Waals surface area contributed by atoms with Crippen molar-refractivity contribution in [1.29, 1.82) is 0 Å². The van der Waals surface area contributed by atoms with Gasteiger partial charge in [-0.3, -0.25) is 4.79 Å². The lowest BCUT2D eigenvalue weighted by atomic mass is 9.64. The first-order chi connectivity index (χ1) is 11.4. The largest absolute Gasteiger partial charge is 0.497 e. The number of aliphatic hydroxyl groups excluding tert-OH is 1. The Bertz CT molecular complexity index is 572. The van der Waals surface area contributed by atoms with Crippen molar-refractivity contribution in [2.24, 2.45) is 11.3 Å². The molecule has 1 aliphatic rings. The van der Waals surface area contributed by atoms with Crippen molar-refractivity contribution in [2.45, 2.75) is 32.5 Å². The van der Waals surface area contributed by atoms with Crippen LogP contribution in [0.25, 0.3) is 0 Å². The Labute approximate surface area is 143 Å². The Kier molecular flexibility index (Phi) is 6.02. The highest BCUT2D eigenvalue weighted by Crippen LogP contribution is 2.44. The first kappa shape index (κ1) is 18.5. The molecule has 0 unspecified atom stereocenters. The number of carbonyl (C=O) groups is 1. The molecule has 5 heteroatoms. The van der Waals surface area contributed by atoms with Crippen LogP contribution >= 0.6 is 0 Å². The fourth-order valence-corrected chi connectivity index (χ4v) is 3.30. The van der Waals surface area contributed by atoms with E-state index in [4.69, 9.17) is 14.2 Å². The van der Waals surface area contributed by atoms with Gasteiger partial charge in [-0.25, -0.2) is 0 Å². The number of methoxy groups -OCH3 is 2. The quantitative estimate of drug-likeness (QED) is 0.640. The van der Waals surface area contributed by atoms with Crippen LogP contribution in [0.5, 0.6) is 5.75 Å². The molecule has 0 bridgehead atoms. The van der Waals surface area contributed by atoms with E-state index in [1.807, 2.05) is 31.2 Å². The number of carbonyl (C=O) groups excluding carboxylic acids is 1. The average Bonchev–Trinajstić information content (AvgIpc) is 2.59. The summed E-state index contributed by atoms with van der Waals surface area (Å²) in [6, 6.07) is 7.59. The van der Waals surface area contributed by atoms with Crippen molar-refractivity contribution in [3.8, 4) is 5.75 Å². The smallest absolute Gasteiger partial charge is 0.313 e. The molecule has 132 valence electrons. The molecule has 5 nitrogen and oxygen atoms in total. The Balaban J connectivity index is 2.05. The normalized spacial score (nSPS) is 26.9. The van der Waals surface area contributed by atoms with Crippen LogP contribution in [0.15, 0.2) is 36.4 Å². The second-order valence-corrected chi connectivity index (χ2v) is 6.52. The third-order valence-electron chi connectivity index (χ3n) is 4.85. The highest BCUT2D eigenvalue weighted by molar-refractivity contribution is 5.77. The predicted molar refractivity (Wildman–Crippen MR) is 90.6 cm³/mol. The average molecular weight is 334 g/mol. The molecule has 2 rings (SSSR count). The molecule has 0 aromatic heterocycles. The first-order valence-electron chi connectivity index (χ1n) is 8.06. The number of aliphatic hydroxyl groups is 1. The second-order valence-electron chi connectivity index (χ2n) is 6.52. The van der Waals surface area contributed by atoms with E-state index in [-0.39, 0.29) is 12.6 Å². The molecule has 0 saturated heterocycles. The summed E-state index contributed by atoms with van der Waals surface area (Å²) in [5, 5.41) is 10.5. The zero-order valence-electron chi connectivity index (χ0n) is 14.6. The SMILES string of the molecule is C=C1CC[C@H](O)[C@@](C)(COCc2ccc(OC)cc2)[C@@H]1C(=O)OC. The van der Waals surface area contributed by atoms with Crippen LogP contribution < -0.4 is 4.74 Å². The lowest BCUT2D eigenvalue weighted by molar-refractivity contribution is -0.158. The molecule has 0 amide bonds. The van der Waals surface area contributed by atoms with Crippen molar-refractivity contribution in [3.63, 3.8) is 0 Å². The summed E-state index contributed by atoms with van der Waals surface area (Å²) in [6.45, 7) is 6.50. The van der Waals surface area contributed by atoms with Gasteiger partial charge in [0, 0.05) is 5.41 Å². The third-order valence-corrected chi connectivity index (χ3v) is 4.85. The molecule has 0 heterocycles. The van der Waals surface area contributed by atoms with Gasteiger partial charge in [0.15, 0.2) is 0 Å². The second kappa shape index (κ2) is 7.81. The summed E-state index contributed by atoms with van der Waals surface area (Å²) < 4.78 is 15.9. The van der Waals surface area contributed by atoms with Crippen LogP contribution in [0, 0.1) is 11.3 Å². The number of hydrogen-bond donors (Lipinski definition) is 1. The highest BCUT2D eigenvalue weighted by Gasteiger charge is 2.49. The molecular formula is C19H26O5. The first-order valence-corrected chi connectivity index (χ1v) is 8.06. The van der Waals surface area contributed by atoms with Gasteiger partial charge in [-0.15, -0.1) is 0 Å². The molecule has 1 N–H and O–H groups in total. The maximum absolute atomic E-state index is 12.2. The summed E-state index contributed by atoms with van der Waals surface area (Å²) in [4.78, 5) is 12.2. The monoisotopic (exact) mass is 334 g/mol. The molecule has 0 radical (unpaired) electrons. The Morgan fingerprint density at radius 2 is 2.00 bits per heavy atom. The van der Waals surface area contributed by atoms with Gasteiger partial charge in [0.1, 0.15) is 5.75 Å². The van der Waals surface area contributed by atoms with Crippen LogP contribution in [0.3, 0.4) is 0 Å². The summed E-state index contributed by atoms with van der Waals surface area (Å²) in [7, 11) is 2.98. The molecule has 0 spiro atoms. The van der Waals surface area contributed by atoms with E-state index in [9.17, 15) is 9.90 Å². The standard InChI is InChI=1S/C19H26O5/c1-13-5-10-16(20)19(2,17(13)18(21)23-4)12-24-11-14-6-8-15(22-3)9-7-14/h6-9,16-17,20H,1,5,10-12H2,2-4H3/t16-,17-,19+/m0/s1. The van der Waals surface area contributed by atoms with E-state index in [1.165, 1.54) is 7.11 Å². The van der Waals surface area contributed by atoms with Gasteiger partial charge in [-0.1, -0.05) is 31.2 Å². The van der Waals surface area contributed by atoms with Crippen LogP contribution in [0.1, 0.15) is 25.3 Å². The Morgan fingerprint density at radius 3 is 2.58 bits per heavy atom. The molecule has 0 aliphatic heterocycles. The number of hydrogen-bond acceptors (Lipinski definition) is 5. The van der Waals surface area contributed by atoms with Crippen molar-refractivity contribution in [1.82, 2.24) is 0 Å². The van der Waals surface area contributed by atoms with E-state index in [0.717, 1.165) is 16.9 Å². The van der Waals surface area contributed by atoms with E-state index in [0.29, 0.717) is 19.4 Å². The minimum atomic E-state index is -0.741. The zero-order valence-corrected chi connectivity index (χ0v) is 14.6. The van der Waals surface area contributed by atoms with Crippen LogP contribution in [0.2, 0.25) is 0 Å². The predicted octanol–water partition coefficient (Wildman–Crippen LogP) is 2.72. The maximum Gasteiger partial charge on any atom is 0.313 e. The summed E-state index contributed by atoms with van der Waals surface area (Å²) in [5.41, 5.74) is 1.05. The van der Waals surface area contributed by atoms with Gasteiger partial charge >= 0.3 is 5.97 Å². The van der Waals surface area contributed by atoms with Crippen molar-refractivity contribution >= 4 is 5.97 Å². The molecule has 1 saturated carbocycles. The minimum Gasteiger partial charge on any atom is -0.497 e. The minimum absolute atomic E-state index is 0.249. The van der Waals surface area contributed by atoms with Gasteiger partial charge in [0.05, 0.1) is 39.5 Å². The van der Waals surface area contributed by atoms with E-state index >= 15 is 0 Å². The number of rotatable bonds is 6. The van der Waals surface area contributed by atoms with Crippen LogP contribution in [-0.2, 0) is 20.9 Å². The highest BCUT2D eigenvalue weighted by atomic mass is 16.5. The fourth-order valence-electron chi connectivity index (χ4n) is 3.30. The third kappa shape index (κ3) is 3.79. The fraction of sp³-hybridized carbons (Fsp3) is 0.526. The lowest BCUT2D eigenvalue weighted by Crippen LogP contribution is -2.50. The van der Waals surface area contributed by atoms with E-state index in [1.54, 1.807) is 7.11 Å². The topological polar surface area (TPSA) is 65.0 Å². The number of benzene rings is 1. The van der Waals surface area contributed by atoms with Crippen molar-refractivity contribution in [3.05, 3.63) is 42.0 Å². The van der Waals surface area contributed by atoms with Crippen LogP contribution in [0.4, 0.5) is 0 Å². The molecule has 24 heavy (non-hydrogen) atoms. The zero-order chi connectivity index (χ0) is 17.7. The van der Waals surface area contributed by atoms with Gasteiger partial charge in [0.25, 0.3) is 0 Å². The molecular weight excluding hydrogens is 308 g/mol. The maximum atomic E-state index is 12.2. The molecule has 1 aromatic carbocycles. The van der Waals surface area contributed by atoms with Crippen molar-refractivity contribution in [2.75, 3.05) is 20.8 Å². The van der Waals surface area contributed by atoms with Gasteiger partial charge in [0.2, 0.25) is 0 Å². The Morgan fingerprint density at radius 1 is 1.33 bits per heavy atom. The summed E-state index contributed by atoms with van der Waals surface area (Å²) in [5.74, 6) is -0.133. The number of ether oxygens (including phenoxy) is 3. The number of esters is 1. The van der Waals surface area contributed by atoms with E-state index in [2.05, 4.69) is 6.58 Å². The molecule has 1 aromatic rings. The van der Waals surface area contributed by atoms with Gasteiger partial charge in [-0.2, -0.15) is 0 Å². The molecule has 3 atom stereocenters. The van der Waals surface area contributed by atoms with Crippen LogP contribution in [-0.4, -0.2) is 38.0 Å². The lowest BCUT2D eigenvalue weighted by Gasteiger charge is -2.44. The van der Waals surface area contributed by atoms with E-state index < -0.39 is 17.4 Å². The summed E-state index contributed by atoms with van der Waals surface area (Å²) in [6.07, 6.45) is 0.562. The molecule has 1 aliphatic carbocycles. The van der Waals surface area contributed by atoms with Gasteiger partial charge in [-0.05, 0) is 30.5 Å². The Hall–Kier alpha value is -1.85. The van der Waals surface area contributed by atoms with Crippen molar-refractivity contribution < 1.29 is 24.1 Å². The molecule has 1 fully saturated rings. The van der Waals surface area contributed by atoms with Gasteiger partial charge < -0.3 is 19.3 Å².